The summed E-state index contributed by atoms with van der Waals surface area (Å²) in [6.07, 6.45) is 8.01. The van der Waals surface area contributed by atoms with E-state index in [1.54, 1.807) is 0 Å². The summed E-state index contributed by atoms with van der Waals surface area (Å²) in [4.78, 5) is 0.580. The Bertz CT molecular complexity index is 352. The molecular weight excluding hydrogens is 296 g/mol. The summed E-state index contributed by atoms with van der Waals surface area (Å²) in [5, 5.41) is 0.823. The van der Waals surface area contributed by atoms with E-state index in [0.717, 1.165) is 11.4 Å². The molecule has 0 aliphatic heterocycles. The van der Waals surface area contributed by atoms with Gasteiger partial charge in [-0.1, -0.05) is 65.8 Å². The van der Waals surface area contributed by atoms with E-state index < -0.39 is 0 Å². The fraction of sp³-hybridized carbons (Fsp3) is 0.600. The normalized spacial score (nSPS) is 21.1. The van der Waals surface area contributed by atoms with Crippen molar-refractivity contribution in [2.75, 3.05) is 0 Å². The smallest absolute Gasteiger partial charge is 0.0406 e. The Balaban J connectivity index is 2.00. The molecule has 1 fully saturated rings. The Morgan fingerprint density at radius 2 is 1.76 bits per heavy atom. The van der Waals surface area contributed by atoms with E-state index in [1.807, 2.05) is 12.1 Å². The summed E-state index contributed by atoms with van der Waals surface area (Å²) in [6, 6.07) is 8.26. The molecule has 2 heteroatoms. The molecule has 0 N–H and O–H groups in total. The van der Waals surface area contributed by atoms with Crippen LogP contribution in [0.2, 0.25) is 5.02 Å². The van der Waals surface area contributed by atoms with E-state index in [9.17, 15) is 0 Å². The van der Waals surface area contributed by atoms with Crippen molar-refractivity contribution in [3.05, 3.63) is 34.9 Å². The average molecular weight is 316 g/mol. The molecule has 0 heterocycles. The van der Waals surface area contributed by atoms with Crippen LogP contribution in [0, 0.1) is 5.41 Å². The average Bonchev–Trinajstić information content (AvgIpc) is 2.33. The van der Waals surface area contributed by atoms with Crippen LogP contribution in [-0.4, -0.2) is 4.83 Å². The molecule has 0 aromatic heterocycles. The van der Waals surface area contributed by atoms with E-state index >= 15 is 0 Å². The minimum absolute atomic E-state index is 0.470. The van der Waals surface area contributed by atoms with Gasteiger partial charge in [0, 0.05) is 9.85 Å². The Kier molecular flexibility index (Phi) is 4.54. The fourth-order valence-electron chi connectivity index (χ4n) is 2.75. The van der Waals surface area contributed by atoms with Gasteiger partial charge in [0.2, 0.25) is 0 Å². The molecule has 0 bridgehead atoms. The Hall–Kier alpha value is -0.0100. The molecule has 17 heavy (non-hydrogen) atoms. The zero-order valence-electron chi connectivity index (χ0n) is 10.4. The molecule has 2 rings (SSSR count). The molecule has 1 unspecified atom stereocenters. The van der Waals surface area contributed by atoms with Crippen LogP contribution in [0.15, 0.2) is 24.3 Å². The van der Waals surface area contributed by atoms with Gasteiger partial charge < -0.3 is 0 Å². The second kappa shape index (κ2) is 5.75. The Morgan fingerprint density at radius 1 is 1.18 bits per heavy atom. The van der Waals surface area contributed by atoms with Crippen molar-refractivity contribution < 1.29 is 0 Å². The van der Waals surface area contributed by atoms with E-state index in [2.05, 4.69) is 35.0 Å². The van der Waals surface area contributed by atoms with Gasteiger partial charge in [-0.15, -0.1) is 0 Å². The second-order valence-corrected chi connectivity index (χ2v) is 7.05. The second-order valence-electron chi connectivity index (χ2n) is 5.51. The number of hydrogen-bond donors (Lipinski definition) is 0. The van der Waals surface area contributed by atoms with Crippen molar-refractivity contribution in [2.45, 2.75) is 50.3 Å². The molecule has 1 atom stereocenters. The van der Waals surface area contributed by atoms with Gasteiger partial charge in [0.15, 0.2) is 0 Å². The number of hydrogen-bond acceptors (Lipinski definition) is 0. The molecule has 1 aromatic carbocycles. The van der Waals surface area contributed by atoms with Crippen molar-refractivity contribution in [1.82, 2.24) is 0 Å². The molecule has 0 saturated heterocycles. The highest BCUT2D eigenvalue weighted by atomic mass is 79.9. The zero-order chi connectivity index (χ0) is 12.3. The summed E-state index contributed by atoms with van der Waals surface area (Å²) in [5.41, 5.74) is 1.85. The predicted molar refractivity (Wildman–Crippen MR) is 79.1 cm³/mol. The Morgan fingerprint density at radius 3 is 2.35 bits per heavy atom. The van der Waals surface area contributed by atoms with E-state index in [-0.39, 0.29) is 0 Å². The first-order valence-corrected chi connectivity index (χ1v) is 7.78. The highest BCUT2D eigenvalue weighted by molar-refractivity contribution is 9.09. The van der Waals surface area contributed by atoms with Crippen molar-refractivity contribution >= 4 is 27.5 Å². The highest BCUT2D eigenvalue weighted by Crippen LogP contribution is 2.43. The molecule has 94 valence electrons. The van der Waals surface area contributed by atoms with Gasteiger partial charge >= 0.3 is 0 Å². The third-order valence-corrected chi connectivity index (χ3v) is 5.76. The van der Waals surface area contributed by atoms with Crippen LogP contribution in [-0.2, 0) is 6.42 Å². The van der Waals surface area contributed by atoms with E-state index in [1.165, 1.54) is 37.7 Å². The molecule has 0 nitrogen and oxygen atoms in total. The van der Waals surface area contributed by atoms with Crippen LogP contribution in [0.1, 0.15) is 44.6 Å². The van der Waals surface area contributed by atoms with E-state index in [0.29, 0.717) is 10.2 Å². The zero-order valence-corrected chi connectivity index (χ0v) is 12.7. The van der Waals surface area contributed by atoms with Gasteiger partial charge in [-0.2, -0.15) is 0 Å². The lowest BCUT2D eigenvalue weighted by molar-refractivity contribution is 0.211. The fourth-order valence-corrected chi connectivity index (χ4v) is 3.70. The first-order chi connectivity index (χ1) is 8.10. The molecule has 0 spiro atoms. The van der Waals surface area contributed by atoms with Crippen LogP contribution in [0.3, 0.4) is 0 Å². The largest absolute Gasteiger partial charge is 0.0881 e. The summed E-state index contributed by atoms with van der Waals surface area (Å²) >= 11 is 9.83. The topological polar surface area (TPSA) is 0 Å². The first-order valence-electron chi connectivity index (χ1n) is 6.49. The van der Waals surface area contributed by atoms with Gasteiger partial charge in [-0.3, -0.25) is 0 Å². The van der Waals surface area contributed by atoms with Gasteiger partial charge in [-0.25, -0.2) is 0 Å². The first kappa shape index (κ1) is 13.4. The summed E-state index contributed by atoms with van der Waals surface area (Å²) in [7, 11) is 0. The summed E-state index contributed by atoms with van der Waals surface area (Å²) in [5.74, 6) is 0. The lowest BCUT2D eigenvalue weighted by Gasteiger charge is -2.38. The lowest BCUT2D eigenvalue weighted by Crippen LogP contribution is -2.31. The van der Waals surface area contributed by atoms with Gasteiger partial charge in [0.25, 0.3) is 0 Å². The number of benzene rings is 1. The maximum Gasteiger partial charge on any atom is 0.0406 e. The van der Waals surface area contributed by atoms with E-state index in [4.69, 9.17) is 11.6 Å². The number of halogens is 2. The standard InChI is InChI=1S/C15H20BrCl/c1-15(9-3-2-4-10-15)14(16)11-12-5-7-13(17)8-6-12/h5-8,14H,2-4,9-11H2,1H3. The lowest BCUT2D eigenvalue weighted by atomic mass is 9.72. The summed E-state index contributed by atoms with van der Waals surface area (Å²) < 4.78 is 0. The van der Waals surface area contributed by atoms with Crippen LogP contribution in [0.5, 0.6) is 0 Å². The maximum absolute atomic E-state index is 5.91. The highest BCUT2D eigenvalue weighted by Gasteiger charge is 2.33. The van der Waals surface area contributed by atoms with Crippen LogP contribution >= 0.6 is 27.5 Å². The molecule has 1 aliphatic rings. The van der Waals surface area contributed by atoms with Crippen LogP contribution in [0.25, 0.3) is 0 Å². The number of alkyl halides is 1. The Labute approximate surface area is 118 Å². The molecule has 0 amide bonds. The van der Waals surface area contributed by atoms with Crippen molar-refractivity contribution in [1.29, 1.82) is 0 Å². The predicted octanol–water partition coefficient (Wildman–Crippen LogP) is 5.62. The summed E-state index contributed by atoms with van der Waals surface area (Å²) in [6.45, 7) is 2.43. The molecule has 1 saturated carbocycles. The molecule has 1 aromatic rings. The minimum Gasteiger partial charge on any atom is -0.0881 e. The number of rotatable bonds is 3. The van der Waals surface area contributed by atoms with Crippen molar-refractivity contribution in [3.8, 4) is 0 Å². The van der Waals surface area contributed by atoms with Gasteiger partial charge in [-0.05, 0) is 42.4 Å². The third kappa shape index (κ3) is 3.48. The minimum atomic E-state index is 0.470. The third-order valence-electron chi connectivity index (χ3n) is 4.08. The van der Waals surface area contributed by atoms with Crippen molar-refractivity contribution in [2.24, 2.45) is 5.41 Å². The molecular formula is C15H20BrCl. The SMILES string of the molecule is CC1(C(Br)Cc2ccc(Cl)cc2)CCCCC1. The molecule has 0 radical (unpaired) electrons. The van der Waals surface area contributed by atoms with Gasteiger partial charge in [0.05, 0.1) is 0 Å². The molecule has 1 aliphatic carbocycles. The monoisotopic (exact) mass is 314 g/mol. The van der Waals surface area contributed by atoms with Crippen LogP contribution < -0.4 is 0 Å². The maximum atomic E-state index is 5.91. The van der Waals surface area contributed by atoms with Crippen LogP contribution in [0.4, 0.5) is 0 Å². The van der Waals surface area contributed by atoms with Crippen molar-refractivity contribution in [3.63, 3.8) is 0 Å². The van der Waals surface area contributed by atoms with Gasteiger partial charge in [0.1, 0.15) is 0 Å². The quantitative estimate of drug-likeness (QED) is 0.635.